The predicted molar refractivity (Wildman–Crippen MR) is 144 cm³/mol. The van der Waals surface area contributed by atoms with E-state index in [0.717, 1.165) is 60.9 Å². The molecule has 5 heteroatoms. The molecule has 0 N–H and O–H groups in total. The maximum absolute atomic E-state index is 5.10. The molecule has 0 bridgehead atoms. The maximum atomic E-state index is 5.10. The first-order chi connectivity index (χ1) is 17.2. The molecule has 0 unspecified atom stereocenters. The average molecular weight is 471 g/mol. The summed E-state index contributed by atoms with van der Waals surface area (Å²) in [7, 11) is 0. The number of rotatable bonds is 4. The van der Waals surface area contributed by atoms with Crippen molar-refractivity contribution in [2.45, 2.75) is 13.8 Å². The van der Waals surface area contributed by atoms with Crippen molar-refractivity contribution in [2.75, 3.05) is 0 Å². The first-order valence-electron chi connectivity index (χ1n) is 11.5. The zero-order chi connectivity index (χ0) is 23.8. The van der Waals surface area contributed by atoms with Crippen LogP contribution in [0.5, 0.6) is 0 Å². The van der Waals surface area contributed by atoms with Crippen LogP contribution in [0, 0.1) is 13.8 Å². The molecule has 0 saturated carbocycles. The van der Waals surface area contributed by atoms with Crippen LogP contribution in [0.2, 0.25) is 0 Å². The third kappa shape index (κ3) is 4.11. The van der Waals surface area contributed by atoms with Gasteiger partial charge >= 0.3 is 0 Å². The zero-order valence-corrected chi connectivity index (χ0v) is 20.3. The van der Waals surface area contributed by atoms with Crippen molar-refractivity contribution in [3.8, 4) is 44.2 Å². The van der Waals surface area contributed by atoms with Gasteiger partial charge in [-0.25, -0.2) is 15.0 Å². The van der Waals surface area contributed by atoms with Gasteiger partial charge in [0.25, 0.3) is 0 Å². The van der Waals surface area contributed by atoms with Crippen molar-refractivity contribution in [3.05, 3.63) is 108 Å². The highest BCUT2D eigenvalue weighted by molar-refractivity contribution is 7.15. The van der Waals surface area contributed by atoms with E-state index >= 15 is 0 Å². The smallest absolute Gasteiger partial charge is 0.160 e. The third-order valence-electron chi connectivity index (χ3n) is 6.04. The number of hydrogen-bond acceptors (Lipinski definition) is 5. The van der Waals surface area contributed by atoms with E-state index in [1.165, 1.54) is 4.88 Å². The molecule has 3 heterocycles. The highest BCUT2D eigenvalue weighted by Crippen LogP contribution is 2.36. The molecular weight excluding hydrogens is 448 g/mol. The number of pyridine rings is 1. The van der Waals surface area contributed by atoms with Crippen LogP contribution in [0.1, 0.15) is 10.7 Å². The lowest BCUT2D eigenvalue weighted by atomic mass is 9.99. The van der Waals surface area contributed by atoms with Crippen LogP contribution in [-0.4, -0.2) is 19.9 Å². The van der Waals surface area contributed by atoms with Gasteiger partial charge in [0.15, 0.2) is 5.82 Å². The summed E-state index contributed by atoms with van der Waals surface area (Å²) in [6.45, 7) is 4.12. The Morgan fingerprint density at radius 3 is 2.14 bits per heavy atom. The van der Waals surface area contributed by atoms with Crippen LogP contribution >= 0.6 is 11.3 Å². The molecule has 0 aliphatic rings. The van der Waals surface area contributed by atoms with E-state index in [2.05, 4.69) is 71.5 Å². The van der Waals surface area contributed by atoms with E-state index in [4.69, 9.17) is 9.97 Å². The highest BCUT2D eigenvalue weighted by atomic mass is 32.1. The minimum absolute atomic E-state index is 0.722. The number of hydrogen-bond donors (Lipinski definition) is 0. The third-order valence-corrected chi connectivity index (χ3v) is 7.17. The Morgan fingerprint density at radius 1 is 0.600 bits per heavy atom. The van der Waals surface area contributed by atoms with Gasteiger partial charge in [-0.3, -0.25) is 4.98 Å². The Morgan fingerprint density at radius 2 is 1.37 bits per heavy atom. The van der Waals surface area contributed by atoms with Gasteiger partial charge in [0.05, 0.1) is 26.8 Å². The molecule has 35 heavy (non-hydrogen) atoms. The number of aromatic nitrogens is 4. The molecule has 0 fully saturated rings. The molecule has 168 valence electrons. The maximum Gasteiger partial charge on any atom is 0.160 e. The van der Waals surface area contributed by atoms with Crippen molar-refractivity contribution < 1.29 is 0 Å². The van der Waals surface area contributed by atoms with Crippen LogP contribution in [0.15, 0.2) is 97.3 Å². The lowest BCUT2D eigenvalue weighted by molar-refractivity contribution is 1.20. The highest BCUT2D eigenvalue weighted by Gasteiger charge is 2.15. The number of aryl methyl sites for hydroxylation is 2. The second-order valence-electron chi connectivity index (χ2n) is 8.46. The van der Waals surface area contributed by atoms with Gasteiger partial charge in [-0.2, -0.15) is 0 Å². The minimum atomic E-state index is 0.722. The monoisotopic (exact) mass is 470 g/mol. The van der Waals surface area contributed by atoms with Gasteiger partial charge < -0.3 is 0 Å². The lowest BCUT2D eigenvalue weighted by Crippen LogP contribution is -1.96. The van der Waals surface area contributed by atoms with Crippen LogP contribution in [0.4, 0.5) is 0 Å². The minimum Gasteiger partial charge on any atom is -0.265 e. The van der Waals surface area contributed by atoms with Gasteiger partial charge in [0.2, 0.25) is 0 Å². The van der Waals surface area contributed by atoms with Gasteiger partial charge in [0, 0.05) is 28.9 Å². The van der Waals surface area contributed by atoms with E-state index in [9.17, 15) is 0 Å². The van der Waals surface area contributed by atoms with Crippen LogP contribution in [-0.2, 0) is 0 Å². The van der Waals surface area contributed by atoms with E-state index in [1.807, 2.05) is 49.6 Å². The van der Waals surface area contributed by atoms with Gasteiger partial charge in [0.1, 0.15) is 0 Å². The van der Waals surface area contributed by atoms with Crippen LogP contribution in [0.3, 0.4) is 0 Å². The first kappa shape index (κ1) is 21.3. The molecule has 0 radical (unpaired) electrons. The molecule has 0 saturated heterocycles. The fraction of sp³-hybridized carbons (Fsp3) is 0.0667. The number of nitrogens with zero attached hydrogens (tertiary/aromatic N) is 4. The fourth-order valence-electron chi connectivity index (χ4n) is 4.40. The normalized spacial score (nSPS) is 11.1. The Hall–Kier alpha value is -4.22. The van der Waals surface area contributed by atoms with Gasteiger partial charge in [-0.1, -0.05) is 54.6 Å². The molecule has 0 aliphatic heterocycles. The molecule has 4 nitrogen and oxygen atoms in total. The molecule has 0 spiro atoms. The number of benzene rings is 3. The second kappa shape index (κ2) is 8.85. The van der Waals surface area contributed by atoms with Crippen molar-refractivity contribution in [2.24, 2.45) is 0 Å². The van der Waals surface area contributed by atoms with E-state index in [0.29, 0.717) is 0 Å². The first-order valence-corrected chi connectivity index (χ1v) is 12.3. The average Bonchev–Trinajstić information content (AvgIpc) is 3.26. The standard InChI is InChI=1S/C30H22N4S/c1-19-29(35-20(2)32-19)25-11-12-27-26(18-25)28(34-30(33-27)22-7-4-3-5-8-22)24-10-6-9-23(17-24)21-13-15-31-16-14-21/h3-18H,1-2H3. The molecule has 3 aromatic carbocycles. The van der Waals surface area contributed by atoms with Crippen molar-refractivity contribution in [3.63, 3.8) is 0 Å². The summed E-state index contributed by atoms with van der Waals surface area (Å²) in [5.74, 6) is 0.722. The Labute approximate surface area is 208 Å². The Balaban J connectivity index is 1.59. The van der Waals surface area contributed by atoms with Gasteiger partial charge in [-0.15, -0.1) is 11.3 Å². The van der Waals surface area contributed by atoms with E-state index in [1.54, 1.807) is 11.3 Å². The number of fused-ring (bicyclic) bond motifs is 1. The van der Waals surface area contributed by atoms with Crippen molar-refractivity contribution in [1.82, 2.24) is 19.9 Å². The summed E-state index contributed by atoms with van der Waals surface area (Å²) in [5.41, 5.74) is 8.34. The predicted octanol–water partition coefficient (Wildman–Crippen LogP) is 7.77. The van der Waals surface area contributed by atoms with Crippen molar-refractivity contribution >= 4 is 22.2 Å². The zero-order valence-electron chi connectivity index (χ0n) is 19.4. The van der Waals surface area contributed by atoms with Crippen LogP contribution < -0.4 is 0 Å². The summed E-state index contributed by atoms with van der Waals surface area (Å²) in [4.78, 5) is 20.0. The largest absolute Gasteiger partial charge is 0.265 e. The van der Waals surface area contributed by atoms with E-state index in [-0.39, 0.29) is 0 Å². The molecule has 3 aromatic heterocycles. The molecular formula is C30H22N4S. The summed E-state index contributed by atoms with van der Waals surface area (Å²) in [6, 6.07) is 29.2. The molecule has 0 atom stereocenters. The molecule has 6 rings (SSSR count). The fourth-order valence-corrected chi connectivity index (χ4v) is 5.31. The van der Waals surface area contributed by atoms with Crippen LogP contribution in [0.25, 0.3) is 55.1 Å². The summed E-state index contributed by atoms with van der Waals surface area (Å²) in [6.07, 6.45) is 3.64. The number of thiazole rings is 1. The summed E-state index contributed by atoms with van der Waals surface area (Å²) >= 11 is 1.72. The second-order valence-corrected chi connectivity index (χ2v) is 9.66. The van der Waals surface area contributed by atoms with Crippen molar-refractivity contribution in [1.29, 1.82) is 0 Å². The summed E-state index contributed by atoms with van der Waals surface area (Å²) < 4.78 is 0. The Kier molecular flexibility index (Phi) is 5.39. The quantitative estimate of drug-likeness (QED) is 0.264. The molecule has 0 aliphatic carbocycles. The Bertz CT molecular complexity index is 1660. The molecule has 0 amide bonds. The SMILES string of the molecule is Cc1nc(C)c(-c2ccc3nc(-c4ccccc4)nc(-c4cccc(-c5ccncc5)c4)c3c2)s1. The van der Waals surface area contributed by atoms with Gasteiger partial charge in [-0.05, 0) is 60.9 Å². The topological polar surface area (TPSA) is 51.6 Å². The lowest BCUT2D eigenvalue weighted by Gasteiger charge is -2.12. The van der Waals surface area contributed by atoms with E-state index < -0.39 is 0 Å². The summed E-state index contributed by atoms with van der Waals surface area (Å²) in [5, 5.41) is 2.10. The molecule has 6 aromatic rings.